The first kappa shape index (κ1) is 17.4. The molecule has 6 heteroatoms. The van der Waals surface area contributed by atoms with Crippen molar-refractivity contribution in [3.8, 4) is 5.75 Å². The number of aliphatic hydroxyl groups is 1. The highest BCUT2D eigenvalue weighted by Crippen LogP contribution is 2.35. The summed E-state index contributed by atoms with van der Waals surface area (Å²) in [5.74, 6) is -0.776. The minimum absolute atomic E-state index is 0.0505. The van der Waals surface area contributed by atoms with Crippen LogP contribution in [0.4, 0.5) is 14.5 Å². The Hall–Kier alpha value is -1.40. The molecule has 4 nitrogen and oxygen atoms in total. The molecule has 1 saturated heterocycles. The first-order valence-electron chi connectivity index (χ1n) is 8.65. The van der Waals surface area contributed by atoms with E-state index in [2.05, 4.69) is 24.1 Å². The molecule has 2 aliphatic rings. The van der Waals surface area contributed by atoms with E-state index in [4.69, 9.17) is 9.84 Å². The Labute approximate surface area is 141 Å². The number of fused-ring (bicyclic) bond motifs is 1. The van der Waals surface area contributed by atoms with Gasteiger partial charge in [-0.05, 0) is 38.8 Å². The number of nitrogens with one attached hydrogen (secondary N) is 1. The second-order valence-corrected chi connectivity index (χ2v) is 7.44. The number of ether oxygens (including phenoxy) is 1. The zero-order valence-corrected chi connectivity index (χ0v) is 14.3. The molecule has 1 heterocycles. The summed E-state index contributed by atoms with van der Waals surface area (Å²) in [6.07, 6.45) is 2.71. The fourth-order valence-corrected chi connectivity index (χ4v) is 3.97. The monoisotopic (exact) mass is 340 g/mol. The average molecular weight is 340 g/mol. The van der Waals surface area contributed by atoms with Crippen LogP contribution in [0.15, 0.2) is 18.2 Å². The largest absolute Gasteiger partial charge is 0.455 e. The van der Waals surface area contributed by atoms with E-state index in [1.807, 2.05) is 0 Å². The Bertz CT molecular complexity index is 582. The molecule has 1 unspecified atom stereocenters. The summed E-state index contributed by atoms with van der Waals surface area (Å²) in [4.78, 5) is 2.27. The molecule has 0 aromatic heterocycles. The third kappa shape index (κ3) is 3.64. The number of hydrogen-bond acceptors (Lipinski definition) is 4. The third-order valence-corrected chi connectivity index (χ3v) is 4.92. The summed E-state index contributed by atoms with van der Waals surface area (Å²) in [6, 6.07) is 5.39. The van der Waals surface area contributed by atoms with Crippen molar-refractivity contribution in [1.29, 1.82) is 0 Å². The molecule has 2 N–H and O–H groups in total. The van der Waals surface area contributed by atoms with Crippen molar-refractivity contribution in [3.63, 3.8) is 0 Å². The lowest BCUT2D eigenvalue weighted by molar-refractivity contribution is 0.0109. The molecule has 1 saturated carbocycles. The standard InChI is InChI=1S/C18H26F2N2O2/c1-18(2)11-22(15-6-4-3-5-14(15)21-18)12-7-8-16(13(19)9-12)24-17(20)10-23/h7-9,14-15,17,21,23H,3-6,10-11H2,1-2H3/t14-,15-,17?/m0/s1. The van der Waals surface area contributed by atoms with Crippen LogP contribution in [-0.4, -0.2) is 42.2 Å². The van der Waals surface area contributed by atoms with Crippen molar-refractivity contribution in [2.75, 3.05) is 18.1 Å². The van der Waals surface area contributed by atoms with Gasteiger partial charge >= 0.3 is 0 Å². The highest BCUT2D eigenvalue weighted by molar-refractivity contribution is 5.52. The van der Waals surface area contributed by atoms with Crippen molar-refractivity contribution in [2.45, 2.75) is 63.5 Å². The molecule has 24 heavy (non-hydrogen) atoms. The Kier molecular flexibility index (Phi) is 4.97. The van der Waals surface area contributed by atoms with Gasteiger partial charge in [0.2, 0.25) is 0 Å². The molecule has 0 spiro atoms. The molecule has 3 atom stereocenters. The second-order valence-electron chi connectivity index (χ2n) is 7.44. The lowest BCUT2D eigenvalue weighted by atomic mass is 9.83. The molecule has 3 rings (SSSR count). The Morgan fingerprint density at radius 2 is 2.12 bits per heavy atom. The minimum Gasteiger partial charge on any atom is -0.455 e. The zero-order valence-electron chi connectivity index (χ0n) is 14.3. The van der Waals surface area contributed by atoms with E-state index in [-0.39, 0.29) is 11.3 Å². The van der Waals surface area contributed by atoms with Gasteiger partial charge in [-0.2, -0.15) is 4.39 Å². The predicted molar refractivity (Wildman–Crippen MR) is 89.6 cm³/mol. The van der Waals surface area contributed by atoms with Gasteiger partial charge in [0.1, 0.15) is 6.61 Å². The van der Waals surface area contributed by atoms with E-state index in [1.54, 1.807) is 6.07 Å². The van der Waals surface area contributed by atoms with Gasteiger partial charge in [-0.15, -0.1) is 0 Å². The molecule has 0 bridgehead atoms. The number of halogens is 2. The highest BCUT2D eigenvalue weighted by atomic mass is 19.1. The van der Waals surface area contributed by atoms with E-state index < -0.39 is 18.8 Å². The topological polar surface area (TPSA) is 44.7 Å². The third-order valence-electron chi connectivity index (χ3n) is 4.92. The van der Waals surface area contributed by atoms with Crippen LogP contribution in [0, 0.1) is 5.82 Å². The fraction of sp³-hybridized carbons (Fsp3) is 0.667. The van der Waals surface area contributed by atoms with Crippen LogP contribution >= 0.6 is 0 Å². The number of alkyl halides is 1. The van der Waals surface area contributed by atoms with E-state index >= 15 is 0 Å². The van der Waals surface area contributed by atoms with Crippen LogP contribution in [0.25, 0.3) is 0 Å². The van der Waals surface area contributed by atoms with E-state index in [0.717, 1.165) is 25.1 Å². The number of benzene rings is 1. The molecular formula is C18H26F2N2O2. The van der Waals surface area contributed by atoms with Gasteiger partial charge in [-0.1, -0.05) is 12.8 Å². The van der Waals surface area contributed by atoms with Gasteiger partial charge in [-0.3, -0.25) is 0 Å². The SMILES string of the molecule is CC1(C)CN(c2ccc(OC(F)CO)c(F)c2)[C@H]2CCCC[C@@H]2N1. The van der Waals surface area contributed by atoms with Gasteiger partial charge in [0.15, 0.2) is 11.6 Å². The first-order chi connectivity index (χ1) is 11.4. The van der Waals surface area contributed by atoms with Crippen LogP contribution in [0.5, 0.6) is 5.75 Å². The molecule has 0 radical (unpaired) electrons. The predicted octanol–water partition coefficient (Wildman–Crippen LogP) is 2.99. The summed E-state index contributed by atoms with van der Waals surface area (Å²) in [7, 11) is 0. The Morgan fingerprint density at radius 3 is 2.83 bits per heavy atom. The molecule has 2 fully saturated rings. The smallest absolute Gasteiger partial charge is 0.261 e. The Balaban J connectivity index is 1.84. The molecule has 1 aliphatic heterocycles. The first-order valence-corrected chi connectivity index (χ1v) is 8.65. The van der Waals surface area contributed by atoms with Gasteiger partial charge in [0, 0.05) is 35.9 Å². The van der Waals surface area contributed by atoms with Crippen molar-refractivity contribution < 1.29 is 18.6 Å². The lowest BCUT2D eigenvalue weighted by Crippen LogP contribution is -2.67. The number of anilines is 1. The molecule has 1 aromatic carbocycles. The second kappa shape index (κ2) is 6.84. The minimum atomic E-state index is -1.91. The van der Waals surface area contributed by atoms with Gasteiger partial charge in [0.25, 0.3) is 6.36 Å². The summed E-state index contributed by atoms with van der Waals surface area (Å²) < 4.78 is 32.2. The fourth-order valence-electron chi connectivity index (χ4n) is 3.97. The van der Waals surface area contributed by atoms with E-state index in [9.17, 15) is 8.78 Å². The molecule has 134 valence electrons. The van der Waals surface area contributed by atoms with Gasteiger partial charge in [0.05, 0.1) is 0 Å². The van der Waals surface area contributed by atoms with Crippen molar-refractivity contribution >= 4 is 5.69 Å². The van der Waals surface area contributed by atoms with Crippen LogP contribution in [0.1, 0.15) is 39.5 Å². The lowest BCUT2D eigenvalue weighted by Gasteiger charge is -2.52. The van der Waals surface area contributed by atoms with Crippen LogP contribution in [0.3, 0.4) is 0 Å². The molecular weight excluding hydrogens is 314 g/mol. The van der Waals surface area contributed by atoms with Crippen molar-refractivity contribution in [1.82, 2.24) is 5.32 Å². The quantitative estimate of drug-likeness (QED) is 0.884. The summed E-state index contributed by atoms with van der Waals surface area (Å²) >= 11 is 0. The number of hydrogen-bond donors (Lipinski definition) is 2. The summed E-state index contributed by atoms with van der Waals surface area (Å²) in [6.45, 7) is 4.31. The normalized spacial score (nSPS) is 27.5. The van der Waals surface area contributed by atoms with Gasteiger partial charge < -0.3 is 20.1 Å². The number of nitrogens with zero attached hydrogens (tertiary/aromatic N) is 1. The van der Waals surface area contributed by atoms with Crippen LogP contribution < -0.4 is 15.0 Å². The molecule has 1 aromatic rings. The zero-order chi connectivity index (χ0) is 17.3. The maximum Gasteiger partial charge on any atom is 0.261 e. The van der Waals surface area contributed by atoms with E-state index in [0.29, 0.717) is 12.1 Å². The number of rotatable bonds is 4. The summed E-state index contributed by atoms with van der Waals surface area (Å²) in [5, 5.41) is 12.4. The maximum atomic E-state index is 14.3. The molecule has 1 aliphatic carbocycles. The highest BCUT2D eigenvalue weighted by Gasteiger charge is 2.40. The average Bonchev–Trinajstić information content (AvgIpc) is 2.55. The van der Waals surface area contributed by atoms with Crippen molar-refractivity contribution in [3.05, 3.63) is 24.0 Å². The Morgan fingerprint density at radius 1 is 1.38 bits per heavy atom. The van der Waals surface area contributed by atoms with Crippen LogP contribution in [0.2, 0.25) is 0 Å². The number of aliphatic hydroxyl groups excluding tert-OH is 1. The maximum absolute atomic E-state index is 14.3. The number of piperazine rings is 1. The van der Waals surface area contributed by atoms with E-state index in [1.165, 1.54) is 25.0 Å². The molecule has 0 amide bonds. The van der Waals surface area contributed by atoms with Crippen molar-refractivity contribution in [2.24, 2.45) is 0 Å². The summed E-state index contributed by atoms with van der Waals surface area (Å²) in [5.41, 5.74) is 0.746. The van der Waals surface area contributed by atoms with Crippen LogP contribution in [-0.2, 0) is 0 Å². The van der Waals surface area contributed by atoms with Gasteiger partial charge in [-0.25, -0.2) is 4.39 Å².